The van der Waals surface area contributed by atoms with Crippen molar-refractivity contribution in [1.82, 2.24) is 0 Å². The van der Waals surface area contributed by atoms with E-state index in [1.165, 1.54) is 0 Å². The van der Waals surface area contributed by atoms with Crippen molar-refractivity contribution in [1.29, 1.82) is 0 Å². The average molecular weight is 176 g/mol. The smallest absolute Gasteiger partial charge is 0.264 e. The van der Waals surface area contributed by atoms with Crippen LogP contribution in [-0.2, 0) is 6.61 Å². The Bertz CT molecular complexity index is 273. The van der Waals surface area contributed by atoms with Crippen LogP contribution in [0.5, 0.6) is 0 Å². The van der Waals surface area contributed by atoms with Crippen molar-refractivity contribution in [2.75, 3.05) is 0 Å². The van der Waals surface area contributed by atoms with Crippen molar-refractivity contribution in [3.63, 3.8) is 0 Å². The molecular weight excluding hydrogens is 169 g/mol. The Hall–Kier alpha value is -1.03. The van der Waals surface area contributed by atoms with Gasteiger partial charge in [0.1, 0.15) is 5.82 Å². The molecule has 0 fully saturated rings. The van der Waals surface area contributed by atoms with E-state index in [9.17, 15) is 13.2 Å². The van der Waals surface area contributed by atoms with Crippen molar-refractivity contribution >= 4 is 0 Å². The van der Waals surface area contributed by atoms with Gasteiger partial charge in [-0.05, 0) is 17.7 Å². The van der Waals surface area contributed by atoms with Gasteiger partial charge in [0.2, 0.25) is 0 Å². The fraction of sp³-hybridized carbons (Fsp3) is 0.250. The van der Waals surface area contributed by atoms with Crippen LogP contribution in [0.4, 0.5) is 13.2 Å². The summed E-state index contributed by atoms with van der Waals surface area (Å²) in [7, 11) is 0. The molecule has 0 amide bonds. The molecule has 12 heavy (non-hydrogen) atoms. The Morgan fingerprint density at radius 1 is 1.33 bits per heavy atom. The van der Waals surface area contributed by atoms with Gasteiger partial charge in [-0.3, -0.25) is 0 Å². The largest absolute Gasteiger partial charge is 0.392 e. The van der Waals surface area contributed by atoms with Gasteiger partial charge in [-0.1, -0.05) is 6.07 Å². The molecule has 0 heterocycles. The van der Waals surface area contributed by atoms with Gasteiger partial charge in [-0.15, -0.1) is 0 Å². The topological polar surface area (TPSA) is 20.2 Å². The van der Waals surface area contributed by atoms with Crippen LogP contribution >= 0.6 is 0 Å². The minimum atomic E-state index is -2.67. The third kappa shape index (κ3) is 1.76. The SMILES string of the molecule is OCc1cc(F)ccc1C(F)F. The summed E-state index contributed by atoms with van der Waals surface area (Å²) in [6.45, 7) is -0.572. The van der Waals surface area contributed by atoms with Crippen molar-refractivity contribution < 1.29 is 18.3 Å². The highest BCUT2D eigenvalue weighted by molar-refractivity contribution is 5.28. The number of aliphatic hydroxyl groups is 1. The number of benzene rings is 1. The monoisotopic (exact) mass is 176 g/mol. The summed E-state index contributed by atoms with van der Waals surface area (Å²) in [5.74, 6) is -0.622. The van der Waals surface area contributed by atoms with Crippen LogP contribution in [0.25, 0.3) is 0 Å². The molecule has 1 rings (SSSR count). The summed E-state index contributed by atoms with van der Waals surface area (Å²) in [5, 5.41) is 8.59. The summed E-state index contributed by atoms with van der Waals surface area (Å²) in [6.07, 6.45) is -2.67. The van der Waals surface area contributed by atoms with Gasteiger partial charge in [-0.2, -0.15) is 0 Å². The highest BCUT2D eigenvalue weighted by Crippen LogP contribution is 2.23. The van der Waals surface area contributed by atoms with Crippen LogP contribution in [0, 0.1) is 5.82 Å². The molecule has 0 aliphatic carbocycles. The molecule has 0 radical (unpaired) electrons. The maximum Gasteiger partial charge on any atom is 0.264 e. The molecule has 0 aliphatic rings. The number of hydrogen-bond donors (Lipinski definition) is 1. The normalized spacial score (nSPS) is 10.8. The second-order valence-corrected chi connectivity index (χ2v) is 2.30. The number of aliphatic hydroxyl groups excluding tert-OH is 1. The summed E-state index contributed by atoms with van der Waals surface area (Å²) >= 11 is 0. The third-order valence-corrected chi connectivity index (χ3v) is 1.51. The molecule has 0 saturated heterocycles. The molecule has 4 heteroatoms. The maximum atomic E-state index is 12.4. The number of hydrogen-bond acceptors (Lipinski definition) is 1. The molecule has 1 N–H and O–H groups in total. The summed E-state index contributed by atoms with van der Waals surface area (Å²) < 4.78 is 36.7. The lowest BCUT2D eigenvalue weighted by Crippen LogP contribution is -1.95. The summed E-state index contributed by atoms with van der Waals surface area (Å²) in [4.78, 5) is 0. The Labute approximate surface area is 67.5 Å². The van der Waals surface area contributed by atoms with E-state index >= 15 is 0 Å². The molecule has 0 spiro atoms. The van der Waals surface area contributed by atoms with E-state index in [1.54, 1.807) is 0 Å². The lowest BCUT2D eigenvalue weighted by Gasteiger charge is -2.05. The molecule has 0 aromatic heterocycles. The predicted molar refractivity (Wildman–Crippen MR) is 37.3 cm³/mol. The van der Waals surface area contributed by atoms with Gasteiger partial charge >= 0.3 is 0 Å². The fourth-order valence-corrected chi connectivity index (χ4v) is 0.924. The third-order valence-electron chi connectivity index (χ3n) is 1.51. The molecular formula is C8H7F3O. The standard InChI is InChI=1S/C8H7F3O/c9-6-1-2-7(8(10)11)5(3-6)4-12/h1-3,8,12H,4H2. The zero-order valence-corrected chi connectivity index (χ0v) is 6.10. The first-order valence-electron chi connectivity index (χ1n) is 3.32. The van der Waals surface area contributed by atoms with E-state index in [-0.39, 0.29) is 11.1 Å². The quantitative estimate of drug-likeness (QED) is 0.732. The van der Waals surface area contributed by atoms with Crippen LogP contribution in [0.2, 0.25) is 0 Å². The van der Waals surface area contributed by atoms with E-state index < -0.39 is 18.8 Å². The van der Waals surface area contributed by atoms with Crippen LogP contribution in [0.15, 0.2) is 18.2 Å². The zero-order chi connectivity index (χ0) is 9.14. The summed E-state index contributed by atoms with van der Waals surface area (Å²) in [6, 6.07) is 2.83. The first-order valence-corrected chi connectivity index (χ1v) is 3.32. The predicted octanol–water partition coefficient (Wildman–Crippen LogP) is 2.26. The van der Waals surface area contributed by atoms with Gasteiger partial charge in [0.25, 0.3) is 6.43 Å². The minimum Gasteiger partial charge on any atom is -0.392 e. The second kappa shape index (κ2) is 3.58. The minimum absolute atomic E-state index is 0.0648. The van der Waals surface area contributed by atoms with Crippen LogP contribution in [0.3, 0.4) is 0 Å². The van der Waals surface area contributed by atoms with Gasteiger partial charge < -0.3 is 5.11 Å². The molecule has 0 aliphatic heterocycles. The van der Waals surface area contributed by atoms with Gasteiger partial charge in [0, 0.05) is 5.56 Å². The van der Waals surface area contributed by atoms with Crippen molar-refractivity contribution in [3.05, 3.63) is 35.1 Å². The van der Waals surface area contributed by atoms with Crippen molar-refractivity contribution in [2.24, 2.45) is 0 Å². The fourth-order valence-electron chi connectivity index (χ4n) is 0.924. The maximum absolute atomic E-state index is 12.4. The zero-order valence-electron chi connectivity index (χ0n) is 6.10. The molecule has 1 aromatic rings. The van der Waals surface area contributed by atoms with Gasteiger partial charge in [-0.25, -0.2) is 13.2 Å². The summed E-state index contributed by atoms with van der Waals surface area (Å²) in [5.41, 5.74) is -0.385. The Morgan fingerprint density at radius 2 is 2.00 bits per heavy atom. The molecule has 0 atom stereocenters. The van der Waals surface area contributed by atoms with E-state index in [0.717, 1.165) is 18.2 Å². The molecule has 0 saturated carbocycles. The Morgan fingerprint density at radius 3 is 2.50 bits per heavy atom. The Kier molecular flexibility index (Phi) is 2.70. The van der Waals surface area contributed by atoms with E-state index in [0.29, 0.717) is 0 Å². The molecule has 1 aromatic carbocycles. The number of rotatable bonds is 2. The Balaban J connectivity index is 3.11. The van der Waals surface area contributed by atoms with E-state index in [4.69, 9.17) is 5.11 Å². The van der Waals surface area contributed by atoms with Gasteiger partial charge in [0.05, 0.1) is 6.61 Å². The average Bonchev–Trinajstić information content (AvgIpc) is 2.03. The first-order chi connectivity index (χ1) is 5.65. The van der Waals surface area contributed by atoms with Crippen LogP contribution in [0.1, 0.15) is 17.6 Å². The van der Waals surface area contributed by atoms with E-state index in [2.05, 4.69) is 0 Å². The molecule has 66 valence electrons. The second-order valence-electron chi connectivity index (χ2n) is 2.30. The van der Waals surface area contributed by atoms with E-state index in [1.807, 2.05) is 0 Å². The highest BCUT2D eigenvalue weighted by atomic mass is 19.3. The first kappa shape index (κ1) is 9.06. The molecule has 0 unspecified atom stereocenters. The highest BCUT2D eigenvalue weighted by Gasteiger charge is 2.12. The lowest BCUT2D eigenvalue weighted by molar-refractivity contribution is 0.147. The lowest BCUT2D eigenvalue weighted by atomic mass is 10.1. The van der Waals surface area contributed by atoms with Crippen LogP contribution in [-0.4, -0.2) is 5.11 Å². The van der Waals surface area contributed by atoms with Crippen molar-refractivity contribution in [3.8, 4) is 0 Å². The molecule has 1 nitrogen and oxygen atoms in total. The number of alkyl halides is 2. The van der Waals surface area contributed by atoms with Crippen molar-refractivity contribution in [2.45, 2.75) is 13.0 Å². The molecule has 0 bridgehead atoms. The van der Waals surface area contributed by atoms with Crippen LogP contribution < -0.4 is 0 Å². The number of halogens is 3. The van der Waals surface area contributed by atoms with Gasteiger partial charge in [0.15, 0.2) is 0 Å².